The standard InChI is InChI=1S/C12H21NO4S/c1-4-18(14,15)6-5-13-9-12(2,3)17-11-8-16-7-10(11)13/h4,10-11H,1,5-9H2,2-3H3/t10-,11-/m1/s1. The van der Waals surface area contributed by atoms with Crippen LogP contribution in [0.15, 0.2) is 12.0 Å². The van der Waals surface area contributed by atoms with Crippen LogP contribution in [0.4, 0.5) is 0 Å². The molecular formula is C12H21NO4S. The van der Waals surface area contributed by atoms with Crippen molar-refractivity contribution in [2.45, 2.75) is 31.6 Å². The molecule has 0 aromatic rings. The zero-order valence-corrected chi connectivity index (χ0v) is 11.8. The molecule has 0 aliphatic carbocycles. The predicted molar refractivity (Wildman–Crippen MR) is 69.1 cm³/mol. The van der Waals surface area contributed by atoms with Gasteiger partial charge in [0.25, 0.3) is 0 Å². The summed E-state index contributed by atoms with van der Waals surface area (Å²) >= 11 is 0. The van der Waals surface area contributed by atoms with E-state index in [9.17, 15) is 8.42 Å². The highest BCUT2D eigenvalue weighted by atomic mass is 32.2. The number of ether oxygens (including phenoxy) is 2. The molecule has 0 aromatic carbocycles. The third-order valence-corrected chi connectivity index (χ3v) is 4.70. The van der Waals surface area contributed by atoms with Crippen molar-refractivity contribution in [1.29, 1.82) is 0 Å². The fourth-order valence-corrected chi connectivity index (χ4v) is 3.26. The van der Waals surface area contributed by atoms with Crippen LogP contribution in [-0.2, 0) is 19.3 Å². The molecule has 0 bridgehead atoms. The number of sulfone groups is 1. The molecule has 0 amide bonds. The molecule has 18 heavy (non-hydrogen) atoms. The molecule has 0 unspecified atom stereocenters. The minimum atomic E-state index is -3.14. The van der Waals surface area contributed by atoms with Crippen LogP contribution in [0.3, 0.4) is 0 Å². The molecule has 0 radical (unpaired) electrons. The summed E-state index contributed by atoms with van der Waals surface area (Å²) < 4.78 is 34.4. The molecule has 2 atom stereocenters. The van der Waals surface area contributed by atoms with Gasteiger partial charge in [0.05, 0.1) is 36.7 Å². The number of morpholine rings is 1. The quantitative estimate of drug-likeness (QED) is 0.744. The first-order valence-corrected chi connectivity index (χ1v) is 7.89. The normalized spacial score (nSPS) is 32.1. The highest BCUT2D eigenvalue weighted by Crippen LogP contribution is 2.29. The molecule has 2 saturated heterocycles. The molecule has 0 saturated carbocycles. The third kappa shape index (κ3) is 3.12. The topological polar surface area (TPSA) is 55.8 Å². The lowest BCUT2D eigenvalue weighted by Gasteiger charge is -2.45. The summed E-state index contributed by atoms with van der Waals surface area (Å²) in [5, 5.41) is 1.03. The van der Waals surface area contributed by atoms with E-state index < -0.39 is 9.84 Å². The van der Waals surface area contributed by atoms with Gasteiger partial charge in [-0.2, -0.15) is 0 Å². The van der Waals surface area contributed by atoms with Crippen LogP contribution >= 0.6 is 0 Å². The maximum atomic E-state index is 11.5. The van der Waals surface area contributed by atoms with E-state index in [0.29, 0.717) is 19.8 Å². The fourth-order valence-electron chi connectivity index (χ4n) is 2.60. The highest BCUT2D eigenvalue weighted by molar-refractivity contribution is 7.94. The summed E-state index contributed by atoms with van der Waals surface area (Å²) in [5.41, 5.74) is -0.257. The molecule has 2 aliphatic heterocycles. The molecule has 2 heterocycles. The summed E-state index contributed by atoms with van der Waals surface area (Å²) in [7, 11) is -3.14. The van der Waals surface area contributed by atoms with E-state index in [1.807, 2.05) is 13.8 Å². The monoisotopic (exact) mass is 275 g/mol. The summed E-state index contributed by atoms with van der Waals surface area (Å²) in [6.45, 7) is 9.83. The lowest BCUT2D eigenvalue weighted by atomic mass is 10.0. The average Bonchev–Trinajstić information content (AvgIpc) is 2.72. The van der Waals surface area contributed by atoms with Crippen LogP contribution in [0.2, 0.25) is 0 Å². The van der Waals surface area contributed by atoms with E-state index >= 15 is 0 Å². The van der Waals surface area contributed by atoms with Crippen molar-refractivity contribution in [2.75, 3.05) is 32.1 Å². The Morgan fingerprint density at radius 2 is 2.17 bits per heavy atom. The Bertz CT molecular complexity index is 418. The van der Waals surface area contributed by atoms with Gasteiger partial charge >= 0.3 is 0 Å². The second-order valence-electron chi connectivity index (χ2n) is 5.52. The minimum Gasteiger partial charge on any atom is -0.377 e. The third-order valence-electron chi connectivity index (χ3n) is 3.44. The zero-order chi connectivity index (χ0) is 13.4. The van der Waals surface area contributed by atoms with Gasteiger partial charge < -0.3 is 9.47 Å². The Morgan fingerprint density at radius 3 is 2.83 bits per heavy atom. The number of nitrogens with zero attached hydrogens (tertiary/aromatic N) is 1. The van der Waals surface area contributed by atoms with Crippen molar-refractivity contribution in [2.24, 2.45) is 0 Å². The SMILES string of the molecule is C=CS(=O)(=O)CCN1CC(C)(C)O[C@@H]2COC[C@H]21. The lowest BCUT2D eigenvalue weighted by molar-refractivity contribution is -0.147. The second-order valence-corrected chi connectivity index (χ2v) is 7.59. The summed E-state index contributed by atoms with van der Waals surface area (Å²) in [5.74, 6) is 0.107. The van der Waals surface area contributed by atoms with Gasteiger partial charge in [0.1, 0.15) is 0 Å². The van der Waals surface area contributed by atoms with Crippen molar-refractivity contribution < 1.29 is 17.9 Å². The van der Waals surface area contributed by atoms with Gasteiger partial charge in [-0.15, -0.1) is 0 Å². The number of hydrogen-bond donors (Lipinski definition) is 0. The van der Waals surface area contributed by atoms with E-state index in [2.05, 4.69) is 11.5 Å². The van der Waals surface area contributed by atoms with Gasteiger partial charge in [0.15, 0.2) is 9.84 Å². The van der Waals surface area contributed by atoms with E-state index in [-0.39, 0.29) is 23.5 Å². The van der Waals surface area contributed by atoms with Gasteiger partial charge in [-0.25, -0.2) is 8.42 Å². The van der Waals surface area contributed by atoms with Gasteiger partial charge in [-0.1, -0.05) is 6.58 Å². The Kier molecular flexibility index (Phi) is 3.82. The van der Waals surface area contributed by atoms with Crippen molar-refractivity contribution >= 4 is 9.84 Å². The molecule has 2 fully saturated rings. The van der Waals surface area contributed by atoms with Crippen LogP contribution in [0.5, 0.6) is 0 Å². The zero-order valence-electron chi connectivity index (χ0n) is 11.0. The Morgan fingerprint density at radius 1 is 1.44 bits per heavy atom. The highest BCUT2D eigenvalue weighted by Gasteiger charge is 2.43. The van der Waals surface area contributed by atoms with E-state index in [1.54, 1.807) is 0 Å². The van der Waals surface area contributed by atoms with Crippen molar-refractivity contribution in [3.8, 4) is 0 Å². The second kappa shape index (κ2) is 4.92. The molecule has 2 aliphatic rings. The fraction of sp³-hybridized carbons (Fsp3) is 0.833. The number of rotatable bonds is 4. The molecule has 6 heteroatoms. The number of fused-ring (bicyclic) bond motifs is 1. The summed E-state index contributed by atoms with van der Waals surface area (Å²) in [6.07, 6.45) is 0.0557. The van der Waals surface area contributed by atoms with Crippen LogP contribution in [-0.4, -0.2) is 63.1 Å². The Labute approximate surface area is 109 Å². The largest absolute Gasteiger partial charge is 0.377 e. The summed E-state index contributed by atoms with van der Waals surface area (Å²) in [6, 6.07) is 0.179. The molecule has 5 nitrogen and oxygen atoms in total. The van der Waals surface area contributed by atoms with E-state index in [4.69, 9.17) is 9.47 Å². The van der Waals surface area contributed by atoms with Crippen molar-refractivity contribution in [1.82, 2.24) is 4.90 Å². The van der Waals surface area contributed by atoms with Crippen LogP contribution in [0.25, 0.3) is 0 Å². The number of hydrogen-bond acceptors (Lipinski definition) is 5. The van der Waals surface area contributed by atoms with Crippen LogP contribution in [0, 0.1) is 0 Å². The van der Waals surface area contributed by atoms with E-state index in [0.717, 1.165) is 12.0 Å². The first-order chi connectivity index (χ1) is 8.33. The maximum Gasteiger partial charge on any atom is 0.172 e. The molecule has 2 rings (SSSR count). The lowest BCUT2D eigenvalue weighted by Crippen LogP contribution is -2.59. The van der Waals surface area contributed by atoms with Crippen LogP contribution < -0.4 is 0 Å². The average molecular weight is 275 g/mol. The first kappa shape index (κ1) is 14.0. The first-order valence-electron chi connectivity index (χ1n) is 6.18. The summed E-state index contributed by atoms with van der Waals surface area (Å²) in [4.78, 5) is 2.17. The Balaban J connectivity index is 2.03. The molecule has 0 aromatic heterocycles. The Hall–Kier alpha value is -0.430. The van der Waals surface area contributed by atoms with Crippen molar-refractivity contribution in [3.63, 3.8) is 0 Å². The molecular weight excluding hydrogens is 254 g/mol. The molecule has 104 valence electrons. The smallest absolute Gasteiger partial charge is 0.172 e. The maximum absolute atomic E-state index is 11.5. The van der Waals surface area contributed by atoms with Gasteiger partial charge in [-0.05, 0) is 13.8 Å². The molecule has 0 spiro atoms. The van der Waals surface area contributed by atoms with E-state index in [1.165, 1.54) is 0 Å². The van der Waals surface area contributed by atoms with Gasteiger partial charge in [-0.3, -0.25) is 4.90 Å². The van der Waals surface area contributed by atoms with Gasteiger partial charge in [0, 0.05) is 18.5 Å². The van der Waals surface area contributed by atoms with Crippen molar-refractivity contribution in [3.05, 3.63) is 12.0 Å². The molecule has 0 N–H and O–H groups in total. The van der Waals surface area contributed by atoms with Crippen LogP contribution in [0.1, 0.15) is 13.8 Å². The minimum absolute atomic E-state index is 0.0557. The van der Waals surface area contributed by atoms with Gasteiger partial charge in [0.2, 0.25) is 0 Å². The predicted octanol–water partition coefficient (Wildman–Crippen LogP) is 0.423.